The van der Waals surface area contributed by atoms with Gasteiger partial charge in [-0.25, -0.2) is 5.43 Å². The summed E-state index contributed by atoms with van der Waals surface area (Å²) in [5.41, 5.74) is 4.79. The molecule has 2 aromatic carbocycles. The Kier molecular flexibility index (Phi) is 4.82. The summed E-state index contributed by atoms with van der Waals surface area (Å²) >= 11 is 9.57. The van der Waals surface area contributed by atoms with Crippen LogP contribution in [-0.2, 0) is 0 Å². The molecule has 1 unspecified atom stereocenters. The summed E-state index contributed by atoms with van der Waals surface area (Å²) in [4.78, 5) is 0. The molecule has 1 atom stereocenters. The first-order valence-corrected chi connectivity index (χ1v) is 6.88. The number of halogens is 2. The maximum atomic E-state index is 6.05. The standard InChI is InChI=1S/C14H14BrClN2O/c1-19-11-4-2-3-9(7-11)14(18-17)12-8-10(16)5-6-13(12)15/h2-8,14,18H,17H2,1H3. The van der Waals surface area contributed by atoms with Crippen molar-refractivity contribution in [2.75, 3.05) is 7.11 Å². The van der Waals surface area contributed by atoms with E-state index in [9.17, 15) is 0 Å². The van der Waals surface area contributed by atoms with Crippen molar-refractivity contribution in [1.82, 2.24) is 5.43 Å². The van der Waals surface area contributed by atoms with Gasteiger partial charge in [0, 0.05) is 9.50 Å². The predicted octanol–water partition coefficient (Wildman–Crippen LogP) is 3.66. The number of nitrogens with one attached hydrogen (secondary N) is 1. The van der Waals surface area contributed by atoms with Gasteiger partial charge in [-0.1, -0.05) is 39.7 Å². The third kappa shape index (κ3) is 3.28. The molecule has 0 bridgehead atoms. The van der Waals surface area contributed by atoms with Crippen LogP contribution in [-0.4, -0.2) is 7.11 Å². The molecule has 0 saturated carbocycles. The normalized spacial score (nSPS) is 12.2. The third-order valence-electron chi connectivity index (χ3n) is 2.86. The van der Waals surface area contributed by atoms with E-state index < -0.39 is 0 Å². The smallest absolute Gasteiger partial charge is 0.119 e. The van der Waals surface area contributed by atoms with Crippen LogP contribution in [0.15, 0.2) is 46.9 Å². The van der Waals surface area contributed by atoms with Crippen LogP contribution in [0.25, 0.3) is 0 Å². The predicted molar refractivity (Wildman–Crippen MR) is 81.3 cm³/mol. The van der Waals surface area contributed by atoms with Crippen LogP contribution in [0.3, 0.4) is 0 Å². The lowest BCUT2D eigenvalue weighted by atomic mass is 9.99. The molecule has 0 amide bonds. The monoisotopic (exact) mass is 340 g/mol. The highest BCUT2D eigenvalue weighted by atomic mass is 79.9. The number of nitrogens with two attached hydrogens (primary N) is 1. The molecule has 3 nitrogen and oxygen atoms in total. The van der Waals surface area contributed by atoms with Gasteiger partial charge in [0.15, 0.2) is 0 Å². The minimum absolute atomic E-state index is 0.164. The summed E-state index contributed by atoms with van der Waals surface area (Å²) in [6.45, 7) is 0. The van der Waals surface area contributed by atoms with Crippen molar-refractivity contribution in [1.29, 1.82) is 0 Å². The zero-order valence-corrected chi connectivity index (χ0v) is 12.7. The summed E-state index contributed by atoms with van der Waals surface area (Å²) in [6.07, 6.45) is 0. The number of hydrogen-bond donors (Lipinski definition) is 2. The van der Waals surface area contributed by atoms with Crippen molar-refractivity contribution < 1.29 is 4.74 Å². The van der Waals surface area contributed by atoms with Gasteiger partial charge in [-0.2, -0.15) is 0 Å². The Balaban J connectivity index is 2.46. The molecule has 2 aromatic rings. The lowest BCUT2D eigenvalue weighted by Gasteiger charge is -2.19. The molecule has 0 aliphatic rings. The maximum Gasteiger partial charge on any atom is 0.119 e. The van der Waals surface area contributed by atoms with E-state index in [4.69, 9.17) is 22.2 Å². The van der Waals surface area contributed by atoms with Gasteiger partial charge in [0.25, 0.3) is 0 Å². The van der Waals surface area contributed by atoms with Gasteiger partial charge in [-0.3, -0.25) is 5.84 Å². The fraction of sp³-hybridized carbons (Fsp3) is 0.143. The molecule has 100 valence electrons. The molecule has 0 aliphatic carbocycles. The molecule has 3 N–H and O–H groups in total. The van der Waals surface area contributed by atoms with Crippen molar-refractivity contribution >= 4 is 27.5 Å². The van der Waals surface area contributed by atoms with Gasteiger partial charge >= 0.3 is 0 Å². The summed E-state index contributed by atoms with van der Waals surface area (Å²) in [5.74, 6) is 6.48. The van der Waals surface area contributed by atoms with Gasteiger partial charge in [-0.15, -0.1) is 0 Å². The Labute approximate surface area is 125 Å². The fourth-order valence-electron chi connectivity index (χ4n) is 1.92. The van der Waals surface area contributed by atoms with E-state index in [0.29, 0.717) is 5.02 Å². The number of ether oxygens (including phenoxy) is 1. The Hall–Kier alpha value is -1.07. The molecule has 5 heteroatoms. The molecule has 0 aliphatic heterocycles. The van der Waals surface area contributed by atoms with Crippen molar-refractivity contribution in [2.24, 2.45) is 5.84 Å². The van der Waals surface area contributed by atoms with Crippen molar-refractivity contribution in [2.45, 2.75) is 6.04 Å². The maximum absolute atomic E-state index is 6.05. The molecular formula is C14H14BrClN2O. The van der Waals surface area contributed by atoms with E-state index in [0.717, 1.165) is 21.3 Å². The van der Waals surface area contributed by atoms with Crippen LogP contribution in [0.5, 0.6) is 5.75 Å². The first-order chi connectivity index (χ1) is 9.15. The Morgan fingerprint density at radius 1 is 1.26 bits per heavy atom. The zero-order valence-electron chi connectivity index (χ0n) is 10.4. The van der Waals surface area contributed by atoms with Crippen molar-refractivity contribution in [3.63, 3.8) is 0 Å². The van der Waals surface area contributed by atoms with Gasteiger partial charge in [-0.05, 0) is 41.5 Å². The molecule has 0 spiro atoms. The minimum Gasteiger partial charge on any atom is -0.497 e. The summed E-state index contributed by atoms with van der Waals surface area (Å²) in [6, 6.07) is 13.2. The molecule has 0 radical (unpaired) electrons. The third-order valence-corrected chi connectivity index (χ3v) is 3.82. The average Bonchev–Trinajstić information content (AvgIpc) is 2.44. The van der Waals surface area contributed by atoms with E-state index in [1.165, 1.54) is 0 Å². The lowest BCUT2D eigenvalue weighted by Crippen LogP contribution is -2.29. The molecule has 0 fully saturated rings. The van der Waals surface area contributed by atoms with Crippen LogP contribution in [0, 0.1) is 0 Å². The molecule has 0 aromatic heterocycles. The molecule has 19 heavy (non-hydrogen) atoms. The SMILES string of the molecule is COc1cccc(C(NN)c2cc(Cl)ccc2Br)c1. The van der Waals surface area contributed by atoms with Crippen LogP contribution in [0.2, 0.25) is 5.02 Å². The molecular weight excluding hydrogens is 328 g/mol. The summed E-state index contributed by atoms with van der Waals surface area (Å²) < 4.78 is 6.18. The van der Waals surface area contributed by atoms with E-state index in [1.54, 1.807) is 7.11 Å². The zero-order chi connectivity index (χ0) is 13.8. The quantitative estimate of drug-likeness (QED) is 0.659. The number of hydrazine groups is 1. The van der Waals surface area contributed by atoms with Crippen LogP contribution < -0.4 is 16.0 Å². The van der Waals surface area contributed by atoms with Gasteiger partial charge in [0.2, 0.25) is 0 Å². The Morgan fingerprint density at radius 3 is 2.74 bits per heavy atom. The second-order valence-corrected chi connectivity index (χ2v) is 5.33. The van der Waals surface area contributed by atoms with Gasteiger partial charge in [0.1, 0.15) is 5.75 Å². The summed E-state index contributed by atoms with van der Waals surface area (Å²) in [5, 5.41) is 0.668. The van der Waals surface area contributed by atoms with E-state index in [2.05, 4.69) is 21.4 Å². The first kappa shape index (κ1) is 14.3. The topological polar surface area (TPSA) is 47.3 Å². The highest BCUT2D eigenvalue weighted by Gasteiger charge is 2.16. The van der Waals surface area contributed by atoms with Crippen molar-refractivity contribution in [3.05, 3.63) is 63.1 Å². The Bertz CT molecular complexity index is 577. The number of hydrogen-bond acceptors (Lipinski definition) is 3. The van der Waals surface area contributed by atoms with Gasteiger partial charge in [0.05, 0.1) is 13.2 Å². The first-order valence-electron chi connectivity index (χ1n) is 5.70. The molecule has 0 saturated heterocycles. The van der Waals surface area contributed by atoms with Crippen molar-refractivity contribution in [3.8, 4) is 5.75 Å². The largest absolute Gasteiger partial charge is 0.497 e. The van der Waals surface area contributed by atoms with E-state index in [1.807, 2.05) is 42.5 Å². The second-order valence-electron chi connectivity index (χ2n) is 4.04. The average molecular weight is 342 g/mol. The second kappa shape index (κ2) is 6.39. The van der Waals surface area contributed by atoms with Crippen LogP contribution in [0.1, 0.15) is 17.2 Å². The number of rotatable bonds is 4. The molecule has 0 heterocycles. The molecule has 2 rings (SSSR count). The number of benzene rings is 2. The highest BCUT2D eigenvalue weighted by Crippen LogP contribution is 2.31. The highest BCUT2D eigenvalue weighted by molar-refractivity contribution is 9.10. The van der Waals surface area contributed by atoms with Gasteiger partial charge < -0.3 is 4.74 Å². The summed E-state index contributed by atoms with van der Waals surface area (Å²) in [7, 11) is 1.64. The lowest BCUT2D eigenvalue weighted by molar-refractivity contribution is 0.413. The fourth-order valence-corrected chi connectivity index (χ4v) is 2.58. The van der Waals surface area contributed by atoms with Crippen LogP contribution in [0.4, 0.5) is 0 Å². The van der Waals surface area contributed by atoms with E-state index in [-0.39, 0.29) is 6.04 Å². The van der Waals surface area contributed by atoms with Crippen LogP contribution >= 0.6 is 27.5 Å². The Morgan fingerprint density at radius 2 is 2.05 bits per heavy atom. The minimum atomic E-state index is -0.164. The van der Waals surface area contributed by atoms with E-state index >= 15 is 0 Å². The number of methoxy groups -OCH3 is 1.